The Hall–Kier alpha value is -2.97. The summed E-state index contributed by atoms with van der Waals surface area (Å²) >= 11 is 0. The van der Waals surface area contributed by atoms with Gasteiger partial charge in [0.25, 0.3) is 0 Å². The molecule has 0 spiro atoms. The molecule has 0 aliphatic heterocycles. The highest BCUT2D eigenvalue weighted by Gasteiger charge is 2.13. The van der Waals surface area contributed by atoms with E-state index in [1.807, 2.05) is 24.3 Å². The molecule has 4 nitrogen and oxygen atoms in total. The van der Waals surface area contributed by atoms with Crippen molar-refractivity contribution in [3.63, 3.8) is 0 Å². The van der Waals surface area contributed by atoms with Crippen LogP contribution in [-0.2, 0) is 12.6 Å². The van der Waals surface area contributed by atoms with Crippen LogP contribution in [0.2, 0.25) is 0 Å². The van der Waals surface area contributed by atoms with E-state index in [4.69, 9.17) is 9.47 Å². The summed E-state index contributed by atoms with van der Waals surface area (Å²) in [5.41, 5.74) is 4.02. The molecule has 0 N–H and O–H groups in total. The number of ether oxygens (including phenoxy) is 2. The Labute approximate surface area is 192 Å². The van der Waals surface area contributed by atoms with Crippen molar-refractivity contribution >= 4 is 21.2 Å². The predicted octanol–water partition coefficient (Wildman–Crippen LogP) is 6.40. The fraction of sp³-hybridized carbons (Fsp3) is 0.259. The summed E-state index contributed by atoms with van der Waals surface area (Å²) in [5.74, 6) is 0.599. The van der Waals surface area contributed by atoms with E-state index in [0.29, 0.717) is 34.1 Å². The third-order valence-electron chi connectivity index (χ3n) is 5.46. The quantitative estimate of drug-likeness (QED) is 0.227. The van der Waals surface area contributed by atoms with E-state index in [0.717, 1.165) is 24.6 Å². The molecule has 0 aliphatic rings. The molecule has 5 heteroatoms. The first-order chi connectivity index (χ1) is 15.4. The van der Waals surface area contributed by atoms with Crippen LogP contribution in [0.15, 0.2) is 66.7 Å². The number of esters is 2. The van der Waals surface area contributed by atoms with Gasteiger partial charge in [0.05, 0.1) is 11.1 Å². The van der Waals surface area contributed by atoms with E-state index in [9.17, 15) is 9.59 Å². The average molecular weight is 448 g/mol. The number of carbonyl (C=O) groups excluding carboxylic acids is 2. The van der Waals surface area contributed by atoms with Gasteiger partial charge in [-0.1, -0.05) is 44.5 Å². The minimum Gasteiger partial charge on any atom is -0.423 e. The number of aryl methyl sites for hydroxylation is 1. The van der Waals surface area contributed by atoms with Gasteiger partial charge < -0.3 is 9.47 Å². The monoisotopic (exact) mass is 448 g/mol. The molecule has 0 aromatic heterocycles. The van der Waals surface area contributed by atoms with E-state index in [1.54, 1.807) is 49.4 Å². The second-order valence-corrected chi connectivity index (χ2v) is 8.43. The highest BCUT2D eigenvalue weighted by Crippen LogP contribution is 2.25. The van der Waals surface area contributed by atoms with Gasteiger partial charge >= 0.3 is 11.9 Å². The van der Waals surface area contributed by atoms with Crippen LogP contribution in [0.3, 0.4) is 0 Å². The van der Waals surface area contributed by atoms with Gasteiger partial charge in [-0.15, -0.1) is 9.24 Å². The van der Waals surface area contributed by atoms with Crippen LogP contribution >= 0.6 is 9.24 Å². The average Bonchev–Trinajstić information content (AvgIpc) is 2.81. The Morgan fingerprint density at radius 3 is 1.94 bits per heavy atom. The van der Waals surface area contributed by atoms with Crippen molar-refractivity contribution in [1.29, 1.82) is 0 Å². The summed E-state index contributed by atoms with van der Waals surface area (Å²) in [6, 6.07) is 19.8. The zero-order valence-corrected chi connectivity index (χ0v) is 19.9. The van der Waals surface area contributed by atoms with Gasteiger partial charge in [0.2, 0.25) is 0 Å². The van der Waals surface area contributed by atoms with Crippen LogP contribution in [0, 0.1) is 12.8 Å². The maximum Gasteiger partial charge on any atom is 0.343 e. The molecule has 0 heterocycles. The minimum absolute atomic E-state index is 0.403. The van der Waals surface area contributed by atoms with Crippen molar-refractivity contribution in [3.8, 4) is 11.5 Å². The molecule has 0 saturated carbocycles. The lowest BCUT2D eigenvalue weighted by Gasteiger charge is -2.11. The maximum atomic E-state index is 12.5. The van der Waals surface area contributed by atoms with E-state index in [-0.39, 0.29) is 0 Å². The van der Waals surface area contributed by atoms with Crippen molar-refractivity contribution in [2.24, 2.45) is 5.92 Å². The molecule has 0 radical (unpaired) electrons. The van der Waals surface area contributed by atoms with E-state index in [2.05, 4.69) is 23.1 Å². The zero-order valence-electron chi connectivity index (χ0n) is 18.8. The molecule has 2 atom stereocenters. The van der Waals surface area contributed by atoms with Gasteiger partial charge in [0.1, 0.15) is 11.5 Å². The molecule has 2 unspecified atom stereocenters. The summed E-state index contributed by atoms with van der Waals surface area (Å²) in [6.45, 7) is 6.20. The molecular weight excluding hydrogens is 419 g/mol. The molecule has 0 aliphatic carbocycles. The van der Waals surface area contributed by atoms with Crippen LogP contribution in [0.25, 0.3) is 0 Å². The minimum atomic E-state index is -0.425. The van der Waals surface area contributed by atoms with Gasteiger partial charge in [-0.3, -0.25) is 0 Å². The largest absolute Gasteiger partial charge is 0.423 e. The van der Waals surface area contributed by atoms with Crippen molar-refractivity contribution in [2.75, 3.05) is 0 Å². The molecule has 3 aromatic rings. The first kappa shape index (κ1) is 23.7. The predicted molar refractivity (Wildman–Crippen MR) is 131 cm³/mol. The van der Waals surface area contributed by atoms with Crippen LogP contribution < -0.4 is 9.47 Å². The molecule has 0 amide bonds. The smallest absolute Gasteiger partial charge is 0.343 e. The third-order valence-corrected chi connectivity index (χ3v) is 5.93. The van der Waals surface area contributed by atoms with E-state index >= 15 is 0 Å². The second-order valence-electron chi connectivity index (χ2n) is 8.02. The second kappa shape index (κ2) is 11.1. The standard InChI is InChI=1S/C27H29O4P/c1-4-18(2)15-20-5-9-22(10-6-20)26(28)30-24-13-14-25(19(3)16-24)31-27(29)23-11-7-21(17-32)8-12-23/h5-14,16,18H,4,15,17,32H2,1-3H3. The van der Waals surface area contributed by atoms with Crippen LogP contribution in [0.5, 0.6) is 11.5 Å². The highest BCUT2D eigenvalue weighted by atomic mass is 31.0. The third kappa shape index (κ3) is 6.27. The Bertz CT molecular complexity index is 1070. The summed E-state index contributed by atoms with van der Waals surface area (Å²) in [7, 11) is 2.65. The number of benzene rings is 3. The van der Waals surface area contributed by atoms with Gasteiger partial charge in [0.15, 0.2) is 0 Å². The molecule has 32 heavy (non-hydrogen) atoms. The Balaban J connectivity index is 1.63. The summed E-state index contributed by atoms with van der Waals surface area (Å²) in [4.78, 5) is 24.9. The van der Waals surface area contributed by atoms with Crippen molar-refractivity contribution < 1.29 is 19.1 Å². The molecule has 0 saturated heterocycles. The van der Waals surface area contributed by atoms with E-state index < -0.39 is 11.9 Å². The fourth-order valence-corrected chi connectivity index (χ4v) is 3.50. The highest BCUT2D eigenvalue weighted by molar-refractivity contribution is 7.15. The first-order valence-corrected chi connectivity index (χ1v) is 11.6. The lowest BCUT2D eigenvalue weighted by Crippen LogP contribution is -2.11. The lowest BCUT2D eigenvalue weighted by molar-refractivity contribution is 0.0718. The topological polar surface area (TPSA) is 52.6 Å². The maximum absolute atomic E-state index is 12.5. The summed E-state index contributed by atoms with van der Waals surface area (Å²) in [6.07, 6.45) is 2.95. The van der Waals surface area contributed by atoms with Crippen LogP contribution in [0.1, 0.15) is 57.7 Å². The molecular formula is C27H29O4P. The molecule has 3 aromatic carbocycles. The Morgan fingerprint density at radius 1 is 0.844 bits per heavy atom. The zero-order chi connectivity index (χ0) is 23.1. The van der Waals surface area contributed by atoms with Crippen molar-refractivity contribution in [1.82, 2.24) is 0 Å². The number of hydrogen-bond acceptors (Lipinski definition) is 4. The molecule has 0 bridgehead atoms. The Morgan fingerprint density at radius 2 is 1.41 bits per heavy atom. The normalized spacial score (nSPS) is 11.6. The SMILES string of the molecule is CCC(C)Cc1ccc(C(=O)Oc2ccc(OC(=O)c3ccc(CP)cc3)c(C)c2)cc1. The number of carbonyl (C=O) groups is 2. The fourth-order valence-electron chi connectivity index (χ4n) is 3.23. The van der Waals surface area contributed by atoms with Gasteiger partial charge in [-0.2, -0.15) is 0 Å². The van der Waals surface area contributed by atoms with Gasteiger partial charge in [-0.25, -0.2) is 9.59 Å². The molecule has 3 rings (SSSR count). The van der Waals surface area contributed by atoms with Gasteiger partial charge in [-0.05, 0) is 84.6 Å². The van der Waals surface area contributed by atoms with Crippen LogP contribution in [-0.4, -0.2) is 11.9 Å². The number of rotatable bonds is 8. The molecule has 166 valence electrons. The van der Waals surface area contributed by atoms with Crippen molar-refractivity contribution in [2.45, 2.75) is 39.8 Å². The Kier molecular flexibility index (Phi) is 8.19. The van der Waals surface area contributed by atoms with E-state index in [1.165, 1.54) is 5.56 Å². The molecule has 0 fully saturated rings. The van der Waals surface area contributed by atoms with Crippen LogP contribution in [0.4, 0.5) is 0 Å². The summed E-state index contributed by atoms with van der Waals surface area (Å²) in [5, 5.41) is 0. The summed E-state index contributed by atoms with van der Waals surface area (Å²) < 4.78 is 11.0. The lowest BCUT2D eigenvalue weighted by atomic mass is 9.98. The first-order valence-electron chi connectivity index (χ1n) is 10.8. The van der Waals surface area contributed by atoms with Gasteiger partial charge in [0, 0.05) is 0 Å². The number of hydrogen-bond donors (Lipinski definition) is 0. The van der Waals surface area contributed by atoms with Crippen molar-refractivity contribution in [3.05, 3.63) is 94.5 Å².